The highest BCUT2D eigenvalue weighted by atomic mass is 79.9. The molecular formula is C14H12BrF3N4. The first kappa shape index (κ1) is 15.4. The van der Waals surface area contributed by atoms with E-state index in [1.807, 2.05) is 12.1 Å². The van der Waals surface area contributed by atoms with Crippen LogP contribution in [0.1, 0.15) is 22.6 Å². The van der Waals surface area contributed by atoms with Crippen LogP contribution >= 0.6 is 15.9 Å². The van der Waals surface area contributed by atoms with Crippen LogP contribution in [0.5, 0.6) is 0 Å². The van der Waals surface area contributed by atoms with E-state index in [9.17, 15) is 13.2 Å². The van der Waals surface area contributed by atoms with Gasteiger partial charge in [0, 0.05) is 44.0 Å². The number of rotatable bonds is 2. The van der Waals surface area contributed by atoms with Crippen LogP contribution in [0.25, 0.3) is 0 Å². The van der Waals surface area contributed by atoms with Gasteiger partial charge in [-0.25, -0.2) is 15.0 Å². The lowest BCUT2D eigenvalue weighted by Crippen LogP contribution is -2.31. The number of aromatic nitrogens is 3. The van der Waals surface area contributed by atoms with Gasteiger partial charge < -0.3 is 0 Å². The molecule has 0 atom stereocenters. The van der Waals surface area contributed by atoms with Gasteiger partial charge in [-0.1, -0.05) is 6.07 Å². The molecule has 0 N–H and O–H groups in total. The van der Waals surface area contributed by atoms with Crippen LogP contribution in [-0.2, 0) is 25.7 Å². The lowest BCUT2D eigenvalue weighted by atomic mass is 10.1. The van der Waals surface area contributed by atoms with Crippen molar-refractivity contribution in [3.8, 4) is 0 Å². The Morgan fingerprint density at radius 1 is 1.27 bits per heavy atom. The molecule has 8 heteroatoms. The molecule has 0 bridgehead atoms. The van der Waals surface area contributed by atoms with Crippen LogP contribution in [0, 0.1) is 0 Å². The van der Waals surface area contributed by atoms with Crippen molar-refractivity contribution in [1.82, 2.24) is 19.9 Å². The molecule has 2 aromatic heterocycles. The Bertz CT molecular complexity index is 690. The van der Waals surface area contributed by atoms with E-state index in [0.717, 1.165) is 15.7 Å². The molecule has 116 valence electrons. The molecule has 0 saturated carbocycles. The van der Waals surface area contributed by atoms with E-state index in [4.69, 9.17) is 0 Å². The largest absolute Gasteiger partial charge is 0.451 e. The third-order valence-corrected chi connectivity index (χ3v) is 4.21. The summed E-state index contributed by atoms with van der Waals surface area (Å²) in [5.41, 5.74) is 2.28. The summed E-state index contributed by atoms with van der Waals surface area (Å²) in [5.74, 6) is -1.06. The normalized spacial score (nSPS) is 15.6. The molecule has 0 fully saturated rings. The molecule has 3 heterocycles. The maximum absolute atomic E-state index is 12.6. The van der Waals surface area contributed by atoms with Crippen molar-refractivity contribution in [3.05, 3.63) is 51.8 Å². The summed E-state index contributed by atoms with van der Waals surface area (Å²) in [6.07, 6.45) is -1.02. The van der Waals surface area contributed by atoms with Crippen LogP contribution < -0.4 is 0 Å². The van der Waals surface area contributed by atoms with Crippen molar-refractivity contribution in [2.45, 2.75) is 25.7 Å². The fourth-order valence-corrected chi connectivity index (χ4v) is 2.80. The topological polar surface area (TPSA) is 41.9 Å². The lowest BCUT2D eigenvalue weighted by Gasteiger charge is -2.28. The second kappa shape index (κ2) is 5.92. The Balaban J connectivity index is 1.76. The number of alkyl halides is 3. The number of pyridine rings is 1. The van der Waals surface area contributed by atoms with Crippen molar-refractivity contribution < 1.29 is 13.2 Å². The van der Waals surface area contributed by atoms with Crippen LogP contribution in [0.2, 0.25) is 0 Å². The van der Waals surface area contributed by atoms with Gasteiger partial charge in [0.1, 0.15) is 4.60 Å². The third kappa shape index (κ3) is 3.27. The van der Waals surface area contributed by atoms with E-state index >= 15 is 0 Å². The molecule has 1 aliphatic rings. The van der Waals surface area contributed by atoms with Gasteiger partial charge in [0.15, 0.2) is 0 Å². The van der Waals surface area contributed by atoms with E-state index in [1.54, 1.807) is 6.20 Å². The molecule has 0 unspecified atom stereocenters. The Kier molecular flexibility index (Phi) is 4.14. The molecule has 0 spiro atoms. The fourth-order valence-electron chi connectivity index (χ4n) is 2.42. The molecule has 1 aliphatic heterocycles. The SMILES string of the molecule is FC(F)(F)c1ncc2c(n1)CCN(Cc1cccnc1Br)C2. The monoisotopic (exact) mass is 372 g/mol. The first-order valence-corrected chi connectivity index (χ1v) is 7.46. The maximum atomic E-state index is 12.6. The minimum atomic E-state index is -4.49. The van der Waals surface area contributed by atoms with Crippen molar-refractivity contribution in [3.63, 3.8) is 0 Å². The van der Waals surface area contributed by atoms with Gasteiger partial charge >= 0.3 is 6.18 Å². The average Bonchev–Trinajstić information content (AvgIpc) is 2.48. The maximum Gasteiger partial charge on any atom is 0.451 e. The summed E-state index contributed by atoms with van der Waals surface area (Å²) in [7, 11) is 0. The summed E-state index contributed by atoms with van der Waals surface area (Å²) in [6, 6.07) is 3.83. The van der Waals surface area contributed by atoms with E-state index in [2.05, 4.69) is 35.8 Å². The zero-order valence-electron chi connectivity index (χ0n) is 11.4. The second-order valence-corrected chi connectivity index (χ2v) is 5.83. The zero-order valence-corrected chi connectivity index (χ0v) is 13.0. The van der Waals surface area contributed by atoms with E-state index in [1.165, 1.54) is 6.20 Å². The first-order valence-electron chi connectivity index (χ1n) is 6.67. The number of fused-ring (bicyclic) bond motifs is 1. The van der Waals surface area contributed by atoms with Crippen LogP contribution in [0.4, 0.5) is 13.2 Å². The van der Waals surface area contributed by atoms with Gasteiger partial charge in [0.2, 0.25) is 5.82 Å². The number of hydrogen-bond donors (Lipinski definition) is 0. The molecule has 0 aromatic carbocycles. The van der Waals surface area contributed by atoms with Crippen molar-refractivity contribution >= 4 is 15.9 Å². The summed E-state index contributed by atoms with van der Waals surface area (Å²) in [5, 5.41) is 0. The summed E-state index contributed by atoms with van der Waals surface area (Å²) in [4.78, 5) is 13.4. The minimum absolute atomic E-state index is 0.485. The van der Waals surface area contributed by atoms with E-state index < -0.39 is 12.0 Å². The van der Waals surface area contributed by atoms with Crippen molar-refractivity contribution in [2.24, 2.45) is 0 Å². The highest BCUT2D eigenvalue weighted by Crippen LogP contribution is 2.28. The molecular weight excluding hydrogens is 361 g/mol. The molecule has 3 rings (SSSR count). The van der Waals surface area contributed by atoms with Crippen molar-refractivity contribution in [2.75, 3.05) is 6.54 Å². The molecule has 0 radical (unpaired) electrons. The lowest BCUT2D eigenvalue weighted by molar-refractivity contribution is -0.145. The number of hydrogen-bond acceptors (Lipinski definition) is 4. The average molecular weight is 373 g/mol. The molecule has 4 nitrogen and oxygen atoms in total. The Morgan fingerprint density at radius 3 is 2.82 bits per heavy atom. The predicted molar refractivity (Wildman–Crippen MR) is 76.8 cm³/mol. The van der Waals surface area contributed by atoms with Crippen LogP contribution in [-0.4, -0.2) is 26.4 Å². The molecule has 0 aliphatic carbocycles. The predicted octanol–water partition coefficient (Wildman–Crippen LogP) is 3.21. The molecule has 22 heavy (non-hydrogen) atoms. The second-order valence-electron chi connectivity index (χ2n) is 5.08. The molecule has 0 saturated heterocycles. The Hall–Kier alpha value is -1.54. The zero-order chi connectivity index (χ0) is 15.7. The van der Waals surface area contributed by atoms with E-state index in [-0.39, 0.29) is 0 Å². The van der Waals surface area contributed by atoms with Gasteiger partial charge in [-0.05, 0) is 27.6 Å². The molecule has 2 aromatic rings. The van der Waals surface area contributed by atoms with Gasteiger partial charge in [-0.15, -0.1) is 0 Å². The standard InChI is InChI=1S/C14H12BrF3N4/c15-12-9(2-1-4-19-12)7-22-5-3-11-10(8-22)6-20-13(21-11)14(16,17)18/h1-2,4,6H,3,5,7-8H2. The third-order valence-electron chi connectivity index (χ3n) is 3.50. The van der Waals surface area contributed by atoms with Gasteiger partial charge in [-0.2, -0.15) is 13.2 Å². The minimum Gasteiger partial charge on any atom is -0.294 e. The summed E-state index contributed by atoms with van der Waals surface area (Å²) in [6.45, 7) is 1.87. The van der Waals surface area contributed by atoms with Gasteiger partial charge in [-0.3, -0.25) is 4.90 Å². The smallest absolute Gasteiger partial charge is 0.294 e. The quantitative estimate of drug-likeness (QED) is 0.759. The van der Waals surface area contributed by atoms with Crippen LogP contribution in [0.15, 0.2) is 29.1 Å². The first-order chi connectivity index (χ1) is 10.4. The highest BCUT2D eigenvalue weighted by molar-refractivity contribution is 9.10. The van der Waals surface area contributed by atoms with E-state index in [0.29, 0.717) is 31.7 Å². The van der Waals surface area contributed by atoms with Gasteiger partial charge in [0.05, 0.1) is 5.69 Å². The number of nitrogens with zero attached hydrogens (tertiary/aromatic N) is 4. The Morgan fingerprint density at radius 2 is 2.09 bits per heavy atom. The van der Waals surface area contributed by atoms with Crippen LogP contribution in [0.3, 0.4) is 0 Å². The Labute approximate surface area is 133 Å². The van der Waals surface area contributed by atoms with Crippen molar-refractivity contribution in [1.29, 1.82) is 0 Å². The summed E-state index contributed by atoms with van der Waals surface area (Å²) < 4.78 is 38.6. The van der Waals surface area contributed by atoms with Gasteiger partial charge in [0.25, 0.3) is 0 Å². The highest BCUT2D eigenvalue weighted by Gasteiger charge is 2.35. The number of halogens is 4. The fraction of sp³-hybridized carbons (Fsp3) is 0.357. The molecule has 0 amide bonds. The summed E-state index contributed by atoms with van der Waals surface area (Å²) >= 11 is 3.40.